The summed E-state index contributed by atoms with van der Waals surface area (Å²) in [5, 5.41) is 17.1. The molecule has 2 heterocycles. The van der Waals surface area contributed by atoms with Crippen molar-refractivity contribution in [2.75, 3.05) is 5.32 Å². The molecule has 0 radical (unpaired) electrons. The molecule has 0 aliphatic heterocycles. The fourth-order valence-electron chi connectivity index (χ4n) is 2.70. The second kappa shape index (κ2) is 6.20. The fraction of sp³-hybridized carbons (Fsp3) is 0.111. The number of aryl methyl sites for hydroxylation is 2. The average Bonchev–Trinajstić information content (AvgIpc) is 3.26. The van der Waals surface area contributed by atoms with E-state index in [1.54, 1.807) is 6.20 Å². The lowest BCUT2D eigenvalue weighted by molar-refractivity contribution is 0.592. The van der Waals surface area contributed by atoms with Crippen LogP contribution in [0.15, 0.2) is 53.1 Å². The summed E-state index contributed by atoms with van der Waals surface area (Å²) in [6, 6.07) is 14.4. The van der Waals surface area contributed by atoms with E-state index >= 15 is 0 Å². The van der Waals surface area contributed by atoms with Gasteiger partial charge in [0.1, 0.15) is 0 Å². The number of nitrogens with one attached hydrogen (secondary N) is 2. The summed E-state index contributed by atoms with van der Waals surface area (Å²) in [7, 11) is 0. The van der Waals surface area contributed by atoms with Crippen LogP contribution in [0.3, 0.4) is 0 Å². The van der Waals surface area contributed by atoms with Gasteiger partial charge in [0.15, 0.2) is 5.76 Å². The van der Waals surface area contributed by atoms with Crippen LogP contribution in [0.1, 0.15) is 11.1 Å². The lowest BCUT2D eigenvalue weighted by Crippen LogP contribution is -1.91. The minimum absolute atomic E-state index is 0.460. The van der Waals surface area contributed by atoms with Crippen LogP contribution in [0.4, 0.5) is 11.7 Å². The molecule has 4 rings (SSSR count). The summed E-state index contributed by atoms with van der Waals surface area (Å²) in [6.45, 7) is 4.12. The van der Waals surface area contributed by atoms with Crippen LogP contribution in [0.5, 0.6) is 0 Å². The molecule has 0 aliphatic carbocycles. The van der Waals surface area contributed by atoms with E-state index in [9.17, 15) is 0 Å². The molecule has 0 amide bonds. The first kappa shape index (κ1) is 15.1. The Labute approximate surface area is 144 Å². The van der Waals surface area contributed by atoms with Crippen LogP contribution in [-0.2, 0) is 0 Å². The summed E-state index contributed by atoms with van der Waals surface area (Å²) in [5.74, 6) is 1.24. The highest BCUT2D eigenvalue weighted by molar-refractivity contribution is 5.64. The largest absolute Gasteiger partial charge is 0.423 e. The van der Waals surface area contributed by atoms with Crippen molar-refractivity contribution in [2.45, 2.75) is 13.8 Å². The molecule has 2 aromatic heterocycles. The highest BCUT2D eigenvalue weighted by Crippen LogP contribution is 2.26. The van der Waals surface area contributed by atoms with Gasteiger partial charge < -0.3 is 9.73 Å². The van der Waals surface area contributed by atoms with E-state index in [2.05, 4.69) is 63.0 Å². The molecule has 7 nitrogen and oxygen atoms in total. The number of oxazole rings is 1. The molecule has 0 bridgehead atoms. The third kappa shape index (κ3) is 3.25. The van der Waals surface area contributed by atoms with Crippen molar-refractivity contribution in [3.63, 3.8) is 0 Å². The number of anilines is 2. The first-order valence-corrected chi connectivity index (χ1v) is 7.83. The molecule has 0 fully saturated rings. The van der Waals surface area contributed by atoms with Crippen molar-refractivity contribution in [2.24, 2.45) is 0 Å². The molecule has 7 heteroatoms. The summed E-state index contributed by atoms with van der Waals surface area (Å²) in [4.78, 5) is 4.30. The minimum atomic E-state index is 0.460. The summed E-state index contributed by atoms with van der Waals surface area (Å²) < 4.78 is 5.81. The molecule has 0 atom stereocenters. The van der Waals surface area contributed by atoms with Crippen molar-refractivity contribution in [1.82, 2.24) is 25.6 Å². The molecule has 0 spiro atoms. The van der Waals surface area contributed by atoms with E-state index in [0.29, 0.717) is 17.6 Å². The van der Waals surface area contributed by atoms with Crippen LogP contribution in [-0.4, -0.2) is 25.6 Å². The number of H-pyrrole nitrogens is 1. The molecule has 25 heavy (non-hydrogen) atoms. The van der Waals surface area contributed by atoms with Crippen molar-refractivity contribution >= 4 is 11.7 Å². The minimum Gasteiger partial charge on any atom is -0.423 e. The number of tetrazole rings is 1. The van der Waals surface area contributed by atoms with Gasteiger partial charge in [-0.25, -0.2) is 4.98 Å². The fourth-order valence-corrected chi connectivity index (χ4v) is 2.70. The van der Waals surface area contributed by atoms with Crippen LogP contribution in [0.2, 0.25) is 0 Å². The van der Waals surface area contributed by atoms with Crippen LogP contribution >= 0.6 is 0 Å². The molecule has 124 valence electrons. The van der Waals surface area contributed by atoms with E-state index in [0.717, 1.165) is 16.8 Å². The predicted octanol–water partition coefficient (Wildman–Crippen LogP) is 3.88. The zero-order valence-corrected chi connectivity index (χ0v) is 13.8. The Morgan fingerprint density at radius 1 is 0.960 bits per heavy atom. The third-order valence-corrected chi connectivity index (χ3v) is 3.75. The second-order valence-corrected chi connectivity index (χ2v) is 5.84. The number of aromatic nitrogens is 5. The van der Waals surface area contributed by atoms with E-state index in [1.165, 1.54) is 11.1 Å². The number of nitrogens with zero attached hydrogens (tertiary/aromatic N) is 4. The average molecular weight is 332 g/mol. The van der Waals surface area contributed by atoms with Gasteiger partial charge >= 0.3 is 0 Å². The Morgan fingerprint density at radius 2 is 1.68 bits per heavy atom. The van der Waals surface area contributed by atoms with Crippen molar-refractivity contribution < 1.29 is 4.42 Å². The Bertz CT molecular complexity index is 969. The quantitative estimate of drug-likeness (QED) is 0.589. The van der Waals surface area contributed by atoms with Gasteiger partial charge in [-0.15, -0.1) is 10.2 Å². The van der Waals surface area contributed by atoms with E-state index in [1.807, 2.05) is 24.3 Å². The van der Waals surface area contributed by atoms with E-state index in [4.69, 9.17) is 4.42 Å². The number of hydrogen-bond acceptors (Lipinski definition) is 6. The molecule has 0 aliphatic rings. The number of rotatable bonds is 4. The SMILES string of the molecule is Cc1cc(C)cc(Nc2ncc(-c3ccc(-c4nn[nH]n4)cc3)o2)c1. The Balaban J connectivity index is 1.54. The first-order chi connectivity index (χ1) is 12.2. The number of hydrogen-bond donors (Lipinski definition) is 2. The molecule has 0 saturated carbocycles. The van der Waals surface area contributed by atoms with Gasteiger partial charge in [-0.05, 0) is 42.3 Å². The molecular formula is C18H16N6O. The molecule has 0 unspecified atom stereocenters. The van der Waals surface area contributed by atoms with Crippen molar-refractivity contribution in [3.05, 3.63) is 59.8 Å². The van der Waals surface area contributed by atoms with Gasteiger partial charge in [0, 0.05) is 16.8 Å². The topological polar surface area (TPSA) is 92.5 Å². The molecule has 2 N–H and O–H groups in total. The van der Waals surface area contributed by atoms with E-state index < -0.39 is 0 Å². The highest BCUT2D eigenvalue weighted by atomic mass is 16.4. The Kier molecular flexibility index (Phi) is 3.74. The lowest BCUT2D eigenvalue weighted by atomic mass is 10.1. The van der Waals surface area contributed by atoms with Crippen LogP contribution in [0, 0.1) is 13.8 Å². The zero-order valence-electron chi connectivity index (χ0n) is 13.8. The Hall–Kier alpha value is -3.48. The maximum atomic E-state index is 5.81. The maximum absolute atomic E-state index is 5.81. The summed E-state index contributed by atoms with van der Waals surface area (Å²) >= 11 is 0. The third-order valence-electron chi connectivity index (χ3n) is 3.75. The second-order valence-electron chi connectivity index (χ2n) is 5.84. The molecule has 0 saturated heterocycles. The van der Waals surface area contributed by atoms with Crippen LogP contribution < -0.4 is 5.32 Å². The van der Waals surface area contributed by atoms with Crippen molar-refractivity contribution in [1.29, 1.82) is 0 Å². The first-order valence-electron chi connectivity index (χ1n) is 7.83. The van der Waals surface area contributed by atoms with E-state index in [-0.39, 0.29) is 0 Å². The van der Waals surface area contributed by atoms with Gasteiger partial charge in [-0.2, -0.15) is 5.21 Å². The maximum Gasteiger partial charge on any atom is 0.299 e. The van der Waals surface area contributed by atoms with Crippen LogP contribution in [0.25, 0.3) is 22.7 Å². The summed E-state index contributed by atoms with van der Waals surface area (Å²) in [6.07, 6.45) is 1.70. The Morgan fingerprint density at radius 3 is 2.36 bits per heavy atom. The number of aromatic amines is 1. The predicted molar refractivity (Wildman–Crippen MR) is 94.3 cm³/mol. The lowest BCUT2D eigenvalue weighted by Gasteiger charge is -2.05. The van der Waals surface area contributed by atoms with Gasteiger partial charge in [-0.3, -0.25) is 0 Å². The monoisotopic (exact) mass is 332 g/mol. The molecule has 4 aromatic rings. The molecule has 2 aromatic carbocycles. The van der Waals surface area contributed by atoms with Gasteiger partial charge in [-0.1, -0.05) is 30.3 Å². The highest BCUT2D eigenvalue weighted by Gasteiger charge is 2.09. The number of benzene rings is 2. The van der Waals surface area contributed by atoms with Gasteiger partial charge in [0.05, 0.1) is 6.20 Å². The molecular weight excluding hydrogens is 316 g/mol. The van der Waals surface area contributed by atoms with Gasteiger partial charge in [0.2, 0.25) is 5.82 Å². The smallest absolute Gasteiger partial charge is 0.299 e. The normalized spacial score (nSPS) is 10.8. The van der Waals surface area contributed by atoms with Crippen molar-refractivity contribution in [3.8, 4) is 22.7 Å². The van der Waals surface area contributed by atoms with Gasteiger partial charge in [0.25, 0.3) is 6.01 Å². The zero-order chi connectivity index (χ0) is 17.2. The summed E-state index contributed by atoms with van der Waals surface area (Å²) in [5.41, 5.74) is 5.13. The standard InChI is InChI=1S/C18H16N6O/c1-11-7-12(2)9-15(8-11)20-18-19-10-16(25-18)13-3-5-14(6-4-13)17-21-23-24-22-17/h3-10H,1-2H3,(H,19,20)(H,21,22,23,24).